The molecule has 9 nitrogen and oxygen atoms in total. The number of hydrogen-bond donors (Lipinski definition) is 3. The lowest BCUT2D eigenvalue weighted by Gasteiger charge is -2.28. The minimum atomic E-state index is -0.566. The Labute approximate surface area is 248 Å². The molecule has 2 amide bonds. The van der Waals surface area contributed by atoms with Crippen molar-refractivity contribution in [2.75, 3.05) is 26.6 Å². The fourth-order valence-electron chi connectivity index (χ4n) is 6.23. The van der Waals surface area contributed by atoms with E-state index in [1.54, 1.807) is 33.5 Å². The zero-order valence-electron chi connectivity index (χ0n) is 25.7. The Kier molecular flexibility index (Phi) is 10.4. The molecule has 0 radical (unpaired) electrons. The number of carbonyl (C=O) groups excluding carboxylic acids is 2. The van der Waals surface area contributed by atoms with Gasteiger partial charge < -0.3 is 30.2 Å². The van der Waals surface area contributed by atoms with E-state index >= 15 is 0 Å². The molecular formula is C33H45N3O6. The number of rotatable bonds is 10. The summed E-state index contributed by atoms with van der Waals surface area (Å²) < 4.78 is 17.2. The third-order valence-electron chi connectivity index (χ3n) is 8.67. The van der Waals surface area contributed by atoms with Crippen LogP contribution in [0.15, 0.2) is 29.1 Å². The lowest BCUT2D eigenvalue weighted by molar-refractivity contribution is -0.123. The Balaban J connectivity index is 1.84. The van der Waals surface area contributed by atoms with Gasteiger partial charge in [-0.25, -0.2) is 0 Å². The van der Waals surface area contributed by atoms with E-state index < -0.39 is 12.1 Å². The minimum Gasteiger partial charge on any atom is -0.493 e. The molecular weight excluding hydrogens is 534 g/mol. The molecule has 2 aromatic carbocycles. The second-order valence-electron chi connectivity index (χ2n) is 11.4. The lowest BCUT2D eigenvalue weighted by Crippen LogP contribution is -2.48. The third kappa shape index (κ3) is 6.66. The molecule has 0 spiro atoms. The molecule has 42 heavy (non-hydrogen) atoms. The average molecular weight is 580 g/mol. The van der Waals surface area contributed by atoms with Gasteiger partial charge in [-0.15, -0.1) is 0 Å². The summed E-state index contributed by atoms with van der Waals surface area (Å²) in [5, 5.41) is 9.57. The Morgan fingerprint density at radius 3 is 2.29 bits per heavy atom. The van der Waals surface area contributed by atoms with Gasteiger partial charge in [0.05, 0.1) is 33.1 Å². The summed E-state index contributed by atoms with van der Waals surface area (Å²) in [5.41, 5.74) is 3.24. The number of aryl methyl sites for hydroxylation is 1. The molecule has 4 rings (SSSR count). The minimum absolute atomic E-state index is 0.000927. The summed E-state index contributed by atoms with van der Waals surface area (Å²) in [6, 6.07) is 6.32. The standard InChI is InChI=1S/C33H45N3O6/c1-7-19(2)30(33(39)35-22-11-9-8-10-12-22)36-26-16-14-23-24(18-27(26)38)25(34-20(3)37)15-13-21-17-28(40-4)31(41-5)32(42-6)29(21)23/h14,16-19,22,25,30H,7-13,15H2,1-6H3,(H,34,37)(H,35,39)(H,36,38)/t19-,25-,30+/m0/s1. The van der Waals surface area contributed by atoms with Gasteiger partial charge in [0.25, 0.3) is 0 Å². The molecule has 0 bridgehead atoms. The fourth-order valence-corrected chi connectivity index (χ4v) is 6.23. The SMILES string of the molecule is CC[C@H](C)[C@@H](Nc1ccc2c(cc1=O)[C@@H](NC(C)=O)CCc1cc(OC)c(OC)c(OC)c1-2)C(=O)NC1CCCCC1. The van der Waals surface area contributed by atoms with Gasteiger partial charge in [-0.05, 0) is 66.5 Å². The fraction of sp³-hybridized carbons (Fsp3) is 0.545. The molecule has 0 saturated heterocycles. The van der Waals surface area contributed by atoms with E-state index in [1.165, 1.54) is 13.3 Å². The molecule has 0 aromatic heterocycles. The molecule has 3 N–H and O–H groups in total. The summed E-state index contributed by atoms with van der Waals surface area (Å²) in [4.78, 5) is 39.5. The van der Waals surface area contributed by atoms with Gasteiger partial charge >= 0.3 is 0 Å². The second-order valence-corrected chi connectivity index (χ2v) is 11.4. The molecule has 3 atom stereocenters. The molecule has 1 saturated carbocycles. The molecule has 2 aliphatic rings. The number of carbonyl (C=O) groups is 2. The quantitative estimate of drug-likeness (QED) is 0.357. The van der Waals surface area contributed by atoms with E-state index in [0.29, 0.717) is 41.3 Å². The number of methoxy groups -OCH3 is 3. The van der Waals surface area contributed by atoms with Crippen molar-refractivity contribution >= 4 is 17.5 Å². The highest BCUT2D eigenvalue weighted by atomic mass is 16.5. The molecule has 0 aliphatic heterocycles. The van der Waals surface area contributed by atoms with Gasteiger partial charge in [0.1, 0.15) is 6.04 Å². The smallest absolute Gasteiger partial charge is 0.242 e. The van der Waals surface area contributed by atoms with E-state index in [4.69, 9.17) is 14.2 Å². The van der Waals surface area contributed by atoms with Crippen molar-refractivity contribution < 1.29 is 23.8 Å². The van der Waals surface area contributed by atoms with Gasteiger partial charge in [-0.2, -0.15) is 0 Å². The maximum atomic E-state index is 13.8. The summed E-state index contributed by atoms with van der Waals surface area (Å²) in [6.45, 7) is 5.54. The number of benzene rings is 1. The monoisotopic (exact) mass is 579 g/mol. The van der Waals surface area contributed by atoms with Crippen molar-refractivity contribution in [2.45, 2.75) is 90.3 Å². The molecule has 9 heteroatoms. The number of anilines is 1. The lowest BCUT2D eigenvalue weighted by atomic mass is 9.93. The number of hydrogen-bond acceptors (Lipinski definition) is 7. The third-order valence-corrected chi connectivity index (χ3v) is 8.67. The molecule has 0 unspecified atom stereocenters. The Bertz CT molecular complexity index is 1350. The van der Waals surface area contributed by atoms with Gasteiger partial charge in [-0.1, -0.05) is 45.6 Å². The predicted octanol–water partition coefficient (Wildman–Crippen LogP) is 5.14. The highest BCUT2D eigenvalue weighted by Gasteiger charge is 2.31. The Morgan fingerprint density at radius 2 is 1.67 bits per heavy atom. The van der Waals surface area contributed by atoms with Crippen molar-refractivity contribution in [3.8, 4) is 28.4 Å². The summed E-state index contributed by atoms with van der Waals surface area (Å²) in [7, 11) is 4.71. The van der Waals surface area contributed by atoms with Gasteiger partial charge in [0.2, 0.25) is 23.0 Å². The molecule has 228 valence electrons. The van der Waals surface area contributed by atoms with E-state index in [-0.39, 0.29) is 29.2 Å². The zero-order valence-corrected chi connectivity index (χ0v) is 25.7. The zero-order chi connectivity index (χ0) is 30.4. The number of fused-ring (bicyclic) bond motifs is 3. The first-order valence-corrected chi connectivity index (χ1v) is 15.1. The summed E-state index contributed by atoms with van der Waals surface area (Å²) >= 11 is 0. The second kappa shape index (κ2) is 13.9. The van der Waals surface area contributed by atoms with Crippen molar-refractivity contribution in [3.63, 3.8) is 0 Å². The van der Waals surface area contributed by atoms with Gasteiger partial charge in [-0.3, -0.25) is 14.4 Å². The Morgan fingerprint density at radius 1 is 0.952 bits per heavy atom. The van der Waals surface area contributed by atoms with Crippen LogP contribution >= 0.6 is 0 Å². The van der Waals surface area contributed by atoms with Crippen LogP contribution < -0.4 is 35.6 Å². The van der Waals surface area contributed by atoms with Crippen LogP contribution in [0.2, 0.25) is 0 Å². The summed E-state index contributed by atoms with van der Waals surface area (Å²) in [6.07, 6.45) is 7.38. The first kappa shape index (κ1) is 31.2. The van der Waals surface area contributed by atoms with Crippen LogP contribution in [-0.4, -0.2) is 45.2 Å². The van der Waals surface area contributed by atoms with Crippen LogP contribution in [0.4, 0.5) is 5.69 Å². The normalized spacial score (nSPS) is 17.9. The van der Waals surface area contributed by atoms with Crippen molar-refractivity contribution in [1.29, 1.82) is 0 Å². The van der Waals surface area contributed by atoms with Gasteiger partial charge in [0.15, 0.2) is 11.5 Å². The number of amides is 2. The van der Waals surface area contributed by atoms with Crippen LogP contribution in [0.25, 0.3) is 11.1 Å². The Hall–Kier alpha value is -3.75. The largest absolute Gasteiger partial charge is 0.493 e. The number of nitrogens with one attached hydrogen (secondary N) is 3. The van der Waals surface area contributed by atoms with E-state index in [1.807, 2.05) is 26.0 Å². The molecule has 2 aromatic rings. The van der Waals surface area contributed by atoms with E-state index in [9.17, 15) is 14.4 Å². The van der Waals surface area contributed by atoms with Gasteiger partial charge in [0, 0.05) is 18.5 Å². The van der Waals surface area contributed by atoms with Crippen LogP contribution in [0.5, 0.6) is 17.2 Å². The van der Waals surface area contributed by atoms with Crippen molar-refractivity contribution in [2.24, 2.45) is 5.92 Å². The molecule has 1 fully saturated rings. The predicted molar refractivity (Wildman–Crippen MR) is 165 cm³/mol. The van der Waals surface area contributed by atoms with Crippen LogP contribution in [0.1, 0.15) is 82.9 Å². The highest BCUT2D eigenvalue weighted by Crippen LogP contribution is 2.50. The van der Waals surface area contributed by atoms with Crippen molar-refractivity contribution in [3.05, 3.63) is 45.6 Å². The molecule has 2 aliphatic carbocycles. The van der Waals surface area contributed by atoms with Crippen molar-refractivity contribution in [1.82, 2.24) is 10.6 Å². The summed E-state index contributed by atoms with van der Waals surface area (Å²) in [5.74, 6) is 1.22. The average Bonchev–Trinajstić information content (AvgIpc) is 3.23. The first-order chi connectivity index (χ1) is 20.2. The van der Waals surface area contributed by atoms with E-state index in [2.05, 4.69) is 16.0 Å². The first-order valence-electron chi connectivity index (χ1n) is 15.1. The topological polar surface area (TPSA) is 115 Å². The number of ether oxygens (including phenoxy) is 3. The maximum Gasteiger partial charge on any atom is 0.242 e. The van der Waals surface area contributed by atoms with Crippen LogP contribution in [-0.2, 0) is 16.0 Å². The molecule has 0 heterocycles. The maximum absolute atomic E-state index is 13.8. The van der Waals surface area contributed by atoms with Crippen LogP contribution in [0.3, 0.4) is 0 Å². The highest BCUT2D eigenvalue weighted by molar-refractivity contribution is 5.86. The van der Waals surface area contributed by atoms with E-state index in [0.717, 1.165) is 48.8 Å². The van der Waals surface area contributed by atoms with Crippen LogP contribution in [0, 0.1) is 5.92 Å².